The number of fused-ring (bicyclic) bond motifs is 1. The van der Waals surface area contributed by atoms with E-state index >= 15 is 0 Å². The molecule has 3 aromatic carbocycles. The van der Waals surface area contributed by atoms with Crippen molar-refractivity contribution >= 4 is 35.2 Å². The number of benzene rings is 3. The summed E-state index contributed by atoms with van der Waals surface area (Å²) in [4.78, 5) is 3.24. The highest BCUT2D eigenvalue weighted by Gasteiger charge is 2.05. The maximum atomic E-state index is 5.94. The molecule has 2 heterocycles. The summed E-state index contributed by atoms with van der Waals surface area (Å²) in [7, 11) is 3.31. The second-order valence-electron chi connectivity index (χ2n) is 8.28. The lowest BCUT2D eigenvalue weighted by Crippen LogP contribution is -1.96. The Morgan fingerprint density at radius 3 is 2.47 bits per heavy atom. The standard InChI is InChI=1S/C30H27N3O3/c1-34-27-12-5-22(6-13-27)20-36-28-14-9-24(30(19-28)35-2)8-11-26-18-25(32-33-26)10-4-21-3-7-23-15-16-31-29(23)17-21/h3-19,31H,20H2,1-2H3,(H,32,33)/b10-4+,11-8+. The van der Waals surface area contributed by atoms with E-state index in [9.17, 15) is 0 Å². The molecule has 0 aliphatic heterocycles. The Morgan fingerprint density at radius 2 is 1.64 bits per heavy atom. The zero-order valence-electron chi connectivity index (χ0n) is 20.2. The number of nitrogens with one attached hydrogen (secondary N) is 2. The van der Waals surface area contributed by atoms with Crippen LogP contribution in [0.3, 0.4) is 0 Å². The van der Waals surface area contributed by atoms with E-state index in [0.717, 1.165) is 50.8 Å². The average Bonchev–Trinajstić information content (AvgIpc) is 3.59. The number of methoxy groups -OCH3 is 2. The first-order valence-corrected chi connectivity index (χ1v) is 11.6. The molecular formula is C30H27N3O3. The molecule has 180 valence electrons. The lowest BCUT2D eigenvalue weighted by molar-refractivity contribution is 0.303. The van der Waals surface area contributed by atoms with Crippen molar-refractivity contribution in [3.8, 4) is 17.2 Å². The fourth-order valence-corrected chi connectivity index (χ4v) is 3.86. The topological polar surface area (TPSA) is 72.2 Å². The van der Waals surface area contributed by atoms with E-state index in [1.165, 1.54) is 5.39 Å². The molecule has 6 heteroatoms. The number of hydrogen-bond donors (Lipinski definition) is 2. The number of ether oxygens (including phenoxy) is 3. The Hall–Kier alpha value is -4.71. The summed E-state index contributed by atoms with van der Waals surface area (Å²) in [5.74, 6) is 2.30. The second-order valence-corrected chi connectivity index (χ2v) is 8.28. The van der Waals surface area contributed by atoms with Crippen LogP contribution in [0.5, 0.6) is 17.2 Å². The molecule has 36 heavy (non-hydrogen) atoms. The Balaban J connectivity index is 1.22. The van der Waals surface area contributed by atoms with E-state index in [4.69, 9.17) is 14.2 Å². The van der Waals surface area contributed by atoms with Gasteiger partial charge in [0.25, 0.3) is 0 Å². The fourth-order valence-electron chi connectivity index (χ4n) is 3.86. The van der Waals surface area contributed by atoms with Gasteiger partial charge in [-0.2, -0.15) is 5.10 Å². The molecule has 0 atom stereocenters. The summed E-state index contributed by atoms with van der Waals surface area (Å²) in [5, 5.41) is 8.65. The maximum absolute atomic E-state index is 5.94. The van der Waals surface area contributed by atoms with Gasteiger partial charge in [0.15, 0.2) is 0 Å². The zero-order valence-corrected chi connectivity index (χ0v) is 20.2. The van der Waals surface area contributed by atoms with Crippen molar-refractivity contribution in [3.05, 3.63) is 107 Å². The van der Waals surface area contributed by atoms with Crippen LogP contribution in [0.25, 0.3) is 35.2 Å². The average molecular weight is 478 g/mol. The third-order valence-corrected chi connectivity index (χ3v) is 5.86. The first-order chi connectivity index (χ1) is 17.7. The van der Waals surface area contributed by atoms with Gasteiger partial charge in [0.1, 0.15) is 23.9 Å². The minimum Gasteiger partial charge on any atom is -0.497 e. The largest absolute Gasteiger partial charge is 0.497 e. The third-order valence-electron chi connectivity index (χ3n) is 5.86. The van der Waals surface area contributed by atoms with E-state index in [2.05, 4.69) is 45.5 Å². The van der Waals surface area contributed by atoms with Gasteiger partial charge in [0, 0.05) is 23.3 Å². The molecule has 0 saturated carbocycles. The van der Waals surface area contributed by atoms with Crippen LogP contribution in [0.15, 0.2) is 79.0 Å². The van der Waals surface area contributed by atoms with Crippen molar-refractivity contribution in [2.75, 3.05) is 14.2 Å². The van der Waals surface area contributed by atoms with E-state index in [-0.39, 0.29) is 0 Å². The van der Waals surface area contributed by atoms with Gasteiger partial charge < -0.3 is 19.2 Å². The van der Waals surface area contributed by atoms with Crippen molar-refractivity contribution in [1.82, 2.24) is 15.2 Å². The summed E-state index contributed by atoms with van der Waals surface area (Å²) in [6.45, 7) is 0.464. The predicted molar refractivity (Wildman–Crippen MR) is 145 cm³/mol. The normalized spacial score (nSPS) is 11.5. The van der Waals surface area contributed by atoms with Crippen LogP contribution >= 0.6 is 0 Å². The minimum atomic E-state index is 0.464. The highest BCUT2D eigenvalue weighted by Crippen LogP contribution is 2.27. The lowest BCUT2D eigenvalue weighted by atomic mass is 10.1. The zero-order chi connectivity index (χ0) is 24.7. The van der Waals surface area contributed by atoms with Crippen molar-refractivity contribution in [3.63, 3.8) is 0 Å². The summed E-state index contributed by atoms with van der Waals surface area (Å²) in [6, 6.07) is 24.0. The molecule has 5 rings (SSSR count). The van der Waals surface area contributed by atoms with E-state index in [0.29, 0.717) is 6.61 Å². The SMILES string of the molecule is COc1ccc(COc2ccc(/C=C/c3cc(/C=C/c4ccc5cc[nH]c5c4)n[nH]3)c(OC)c2)cc1. The van der Waals surface area contributed by atoms with Crippen LogP contribution in [0, 0.1) is 0 Å². The first-order valence-electron chi connectivity index (χ1n) is 11.6. The molecule has 0 aliphatic carbocycles. The van der Waals surface area contributed by atoms with Crippen LogP contribution < -0.4 is 14.2 Å². The molecule has 2 N–H and O–H groups in total. The van der Waals surface area contributed by atoms with Crippen molar-refractivity contribution in [2.45, 2.75) is 6.61 Å². The first kappa shape index (κ1) is 23.1. The van der Waals surface area contributed by atoms with Crippen LogP contribution in [-0.4, -0.2) is 29.4 Å². The van der Waals surface area contributed by atoms with Crippen LogP contribution in [0.1, 0.15) is 28.1 Å². The highest BCUT2D eigenvalue weighted by atomic mass is 16.5. The van der Waals surface area contributed by atoms with Gasteiger partial charge in [0.05, 0.1) is 25.6 Å². The van der Waals surface area contributed by atoms with Gasteiger partial charge in [-0.25, -0.2) is 0 Å². The second kappa shape index (κ2) is 10.7. The summed E-state index contributed by atoms with van der Waals surface area (Å²) in [5.41, 5.74) is 6.00. The quantitative estimate of drug-likeness (QED) is 0.244. The Bertz CT molecular complexity index is 1510. The van der Waals surface area contributed by atoms with Crippen LogP contribution in [-0.2, 0) is 6.61 Å². The monoisotopic (exact) mass is 477 g/mol. The van der Waals surface area contributed by atoms with E-state index in [1.807, 2.05) is 73.0 Å². The summed E-state index contributed by atoms with van der Waals surface area (Å²) >= 11 is 0. The smallest absolute Gasteiger partial charge is 0.129 e. The molecule has 0 amide bonds. The third kappa shape index (κ3) is 5.50. The van der Waals surface area contributed by atoms with E-state index < -0.39 is 0 Å². The molecule has 2 aromatic heterocycles. The number of hydrogen-bond acceptors (Lipinski definition) is 4. The van der Waals surface area contributed by atoms with Gasteiger partial charge in [0.2, 0.25) is 0 Å². The maximum Gasteiger partial charge on any atom is 0.129 e. The Labute approximate surface area is 209 Å². The molecule has 0 radical (unpaired) electrons. The summed E-state index contributed by atoms with van der Waals surface area (Å²) in [6.07, 6.45) is 9.96. The van der Waals surface area contributed by atoms with Crippen molar-refractivity contribution < 1.29 is 14.2 Å². The number of H-pyrrole nitrogens is 2. The fraction of sp³-hybridized carbons (Fsp3) is 0.100. The molecule has 0 saturated heterocycles. The lowest BCUT2D eigenvalue weighted by Gasteiger charge is -2.10. The van der Waals surface area contributed by atoms with Gasteiger partial charge >= 0.3 is 0 Å². The summed E-state index contributed by atoms with van der Waals surface area (Å²) < 4.78 is 16.7. The van der Waals surface area contributed by atoms with Crippen molar-refractivity contribution in [1.29, 1.82) is 0 Å². The number of aromatic amines is 2. The van der Waals surface area contributed by atoms with Crippen LogP contribution in [0.2, 0.25) is 0 Å². The minimum absolute atomic E-state index is 0.464. The molecule has 5 aromatic rings. The molecular weight excluding hydrogens is 450 g/mol. The number of rotatable bonds is 9. The molecule has 0 aliphatic rings. The molecule has 0 spiro atoms. The molecule has 6 nitrogen and oxygen atoms in total. The highest BCUT2D eigenvalue weighted by molar-refractivity contribution is 5.83. The molecule has 0 unspecified atom stereocenters. The van der Waals surface area contributed by atoms with Crippen molar-refractivity contribution in [2.24, 2.45) is 0 Å². The Kier molecular flexibility index (Phi) is 6.85. The van der Waals surface area contributed by atoms with E-state index in [1.54, 1.807) is 14.2 Å². The number of nitrogens with zero attached hydrogens (tertiary/aromatic N) is 1. The van der Waals surface area contributed by atoms with Gasteiger partial charge in [-0.1, -0.05) is 30.3 Å². The van der Waals surface area contributed by atoms with Gasteiger partial charge in [-0.05, 0) is 77.2 Å². The molecule has 0 bridgehead atoms. The molecule has 0 fully saturated rings. The number of aromatic nitrogens is 3. The van der Waals surface area contributed by atoms with Gasteiger partial charge in [-0.3, -0.25) is 5.10 Å². The van der Waals surface area contributed by atoms with Crippen LogP contribution in [0.4, 0.5) is 0 Å². The Morgan fingerprint density at radius 1 is 0.778 bits per heavy atom. The predicted octanol–water partition coefficient (Wildman–Crippen LogP) is 6.83. The van der Waals surface area contributed by atoms with Gasteiger partial charge in [-0.15, -0.1) is 0 Å².